The Hall–Kier alpha value is -6.83. The zero-order chi connectivity index (χ0) is 40.5. The number of carbonyl (C=O) groups excluding carboxylic acids is 5. The molecule has 13 heteroatoms. The highest BCUT2D eigenvalue weighted by Crippen LogP contribution is 2.32. The minimum absolute atomic E-state index is 0.0621. The molecule has 0 aliphatic carbocycles. The number of hydrogen-bond acceptors (Lipinski definition) is 12. The molecule has 13 nitrogen and oxygen atoms in total. The summed E-state index contributed by atoms with van der Waals surface area (Å²) in [6.07, 6.45) is -7.75. The van der Waals surface area contributed by atoms with Crippen molar-refractivity contribution in [2.75, 3.05) is 19.8 Å². The number of hydrogen-bond donors (Lipinski definition) is 1. The van der Waals surface area contributed by atoms with Gasteiger partial charge in [-0.3, -0.25) is 0 Å². The molecule has 5 atom stereocenters. The van der Waals surface area contributed by atoms with Crippen LogP contribution in [0.2, 0.25) is 0 Å². The summed E-state index contributed by atoms with van der Waals surface area (Å²) in [4.78, 5) is 66.6. The first kappa shape index (κ1) is 40.8. The number of esters is 4. The van der Waals surface area contributed by atoms with Crippen LogP contribution in [-0.2, 0) is 39.8 Å². The Labute approximate surface area is 334 Å². The monoisotopic (exact) mass is 787 g/mol. The Morgan fingerprint density at radius 2 is 0.931 bits per heavy atom. The number of alkyl carbamates (subject to hydrolysis) is 1. The van der Waals surface area contributed by atoms with Gasteiger partial charge in [0, 0.05) is 6.54 Å². The van der Waals surface area contributed by atoms with Crippen molar-refractivity contribution >= 4 is 30.0 Å². The number of carbonyl (C=O) groups is 5. The summed E-state index contributed by atoms with van der Waals surface area (Å²) in [5.74, 6) is -3.15. The second-order valence-corrected chi connectivity index (χ2v) is 12.9. The van der Waals surface area contributed by atoms with Gasteiger partial charge in [-0.25, -0.2) is 24.0 Å². The third-order valence-corrected chi connectivity index (χ3v) is 8.82. The summed E-state index contributed by atoms with van der Waals surface area (Å²) in [5.41, 5.74) is 1.57. The molecule has 1 heterocycles. The van der Waals surface area contributed by atoms with Crippen molar-refractivity contribution in [1.82, 2.24) is 5.32 Å². The summed E-state index contributed by atoms with van der Waals surface area (Å²) < 4.78 is 41.6. The molecule has 1 saturated heterocycles. The van der Waals surface area contributed by atoms with E-state index in [0.29, 0.717) is 0 Å². The lowest BCUT2D eigenvalue weighted by Crippen LogP contribution is -2.63. The van der Waals surface area contributed by atoms with Crippen LogP contribution in [0.5, 0.6) is 0 Å². The molecule has 298 valence electrons. The van der Waals surface area contributed by atoms with Crippen LogP contribution in [0.3, 0.4) is 0 Å². The second kappa shape index (κ2) is 20.9. The van der Waals surface area contributed by atoms with Crippen molar-refractivity contribution in [2.45, 2.75) is 43.7 Å². The number of benzene rings is 5. The molecule has 5 aromatic rings. The third-order valence-electron chi connectivity index (χ3n) is 8.82. The fraction of sp³-hybridized carbons (Fsp3) is 0.222. The Morgan fingerprint density at radius 3 is 1.43 bits per heavy atom. The average molecular weight is 788 g/mol. The van der Waals surface area contributed by atoms with Crippen LogP contribution in [0.15, 0.2) is 152 Å². The molecule has 1 amide bonds. The second-order valence-electron chi connectivity index (χ2n) is 12.9. The summed E-state index contributed by atoms with van der Waals surface area (Å²) >= 11 is 0. The Balaban J connectivity index is 1.27. The topological polar surface area (TPSA) is 162 Å². The smallest absolute Gasteiger partial charge is 0.407 e. The van der Waals surface area contributed by atoms with Crippen LogP contribution in [0.25, 0.3) is 0 Å². The normalized spacial score (nSPS) is 18.5. The molecule has 6 rings (SSSR count). The molecule has 1 aliphatic rings. The van der Waals surface area contributed by atoms with Crippen LogP contribution in [0.4, 0.5) is 4.79 Å². The quantitative estimate of drug-likeness (QED) is 0.0651. The first-order valence-electron chi connectivity index (χ1n) is 18.6. The largest absolute Gasteiger partial charge is 0.459 e. The van der Waals surface area contributed by atoms with E-state index < -0.39 is 67.3 Å². The zero-order valence-electron chi connectivity index (χ0n) is 31.3. The van der Waals surface area contributed by atoms with E-state index in [4.69, 9.17) is 33.2 Å². The predicted molar refractivity (Wildman–Crippen MR) is 208 cm³/mol. The van der Waals surface area contributed by atoms with Gasteiger partial charge in [-0.15, -0.1) is 0 Å². The van der Waals surface area contributed by atoms with E-state index in [0.717, 1.165) is 5.56 Å². The van der Waals surface area contributed by atoms with E-state index in [1.807, 2.05) is 30.3 Å². The fourth-order valence-corrected chi connectivity index (χ4v) is 5.90. The SMILES string of the molecule is O=C(NCCCO[C@@H]1O[C@H](COC(=O)c2ccccc2)[C@@H](OC(=O)c2ccccc2)[C@H](OC(=O)c2ccccc2)[C@H]1OC(=O)c1ccccc1)OCc1ccccc1. The fourth-order valence-electron chi connectivity index (χ4n) is 5.90. The Bertz CT molecular complexity index is 2090. The van der Waals surface area contributed by atoms with Crippen LogP contribution < -0.4 is 5.32 Å². The third kappa shape index (κ3) is 11.6. The van der Waals surface area contributed by atoms with Crippen molar-refractivity contribution in [2.24, 2.45) is 0 Å². The predicted octanol–water partition coefficient (Wildman–Crippen LogP) is 6.58. The maximum Gasteiger partial charge on any atom is 0.407 e. The molecule has 1 aliphatic heterocycles. The van der Waals surface area contributed by atoms with Gasteiger partial charge in [0.1, 0.15) is 19.3 Å². The number of amides is 1. The van der Waals surface area contributed by atoms with Gasteiger partial charge in [0.15, 0.2) is 24.6 Å². The lowest BCUT2D eigenvalue weighted by atomic mass is 9.97. The molecule has 0 spiro atoms. The molecule has 58 heavy (non-hydrogen) atoms. The lowest BCUT2D eigenvalue weighted by molar-refractivity contribution is -0.298. The molecule has 0 unspecified atom stereocenters. The van der Waals surface area contributed by atoms with Crippen LogP contribution in [0.1, 0.15) is 53.4 Å². The summed E-state index contributed by atoms with van der Waals surface area (Å²) in [7, 11) is 0. The number of rotatable bonds is 16. The maximum absolute atomic E-state index is 13.8. The minimum atomic E-state index is -1.56. The first-order chi connectivity index (χ1) is 28.4. The molecule has 0 aromatic heterocycles. The van der Waals surface area contributed by atoms with Gasteiger partial charge in [-0.1, -0.05) is 103 Å². The highest BCUT2D eigenvalue weighted by molar-refractivity contribution is 5.91. The molecular weight excluding hydrogens is 746 g/mol. The highest BCUT2D eigenvalue weighted by Gasteiger charge is 2.53. The first-order valence-corrected chi connectivity index (χ1v) is 18.6. The molecule has 5 aromatic carbocycles. The van der Waals surface area contributed by atoms with Crippen molar-refractivity contribution < 1.29 is 57.1 Å². The van der Waals surface area contributed by atoms with Crippen LogP contribution in [-0.4, -0.2) is 80.4 Å². The molecule has 0 saturated carbocycles. The number of ether oxygens (including phenoxy) is 7. The van der Waals surface area contributed by atoms with E-state index in [1.54, 1.807) is 84.9 Å². The minimum Gasteiger partial charge on any atom is -0.459 e. The van der Waals surface area contributed by atoms with Crippen molar-refractivity contribution in [1.29, 1.82) is 0 Å². The van der Waals surface area contributed by atoms with E-state index >= 15 is 0 Å². The van der Waals surface area contributed by atoms with Crippen molar-refractivity contribution in [3.63, 3.8) is 0 Å². The standard InChI is InChI=1S/C45H41NO12/c47-40(32-19-8-2-9-20-32)53-30-36-37(56-41(48)33-21-10-3-11-22-33)38(57-42(49)34-23-12-4-13-24-34)39(58-43(50)35-25-14-5-15-26-35)44(55-36)52-28-16-27-46-45(51)54-29-31-17-6-1-7-18-31/h1-15,17-26,36-39,44H,16,27-30H2,(H,46,51)/t36-,37-,38+,39-,44-/m1/s1. The summed E-state index contributed by atoms with van der Waals surface area (Å²) in [6.45, 7) is -0.333. The average Bonchev–Trinajstić information content (AvgIpc) is 3.27. The van der Waals surface area contributed by atoms with E-state index in [2.05, 4.69) is 5.32 Å². The summed E-state index contributed by atoms with van der Waals surface area (Å²) in [6, 6.07) is 41.7. The van der Waals surface area contributed by atoms with E-state index in [1.165, 1.54) is 36.4 Å². The Kier molecular flexibility index (Phi) is 14.7. The van der Waals surface area contributed by atoms with E-state index in [9.17, 15) is 24.0 Å². The summed E-state index contributed by atoms with van der Waals surface area (Å²) in [5, 5.41) is 2.66. The van der Waals surface area contributed by atoms with Gasteiger partial charge in [0.25, 0.3) is 0 Å². The van der Waals surface area contributed by atoms with Crippen molar-refractivity contribution in [3.05, 3.63) is 179 Å². The van der Waals surface area contributed by atoms with Gasteiger partial charge in [-0.2, -0.15) is 0 Å². The van der Waals surface area contributed by atoms with Crippen LogP contribution >= 0.6 is 0 Å². The molecule has 1 N–H and O–H groups in total. The van der Waals surface area contributed by atoms with Gasteiger partial charge in [0.2, 0.25) is 0 Å². The van der Waals surface area contributed by atoms with Gasteiger partial charge < -0.3 is 38.5 Å². The molecule has 0 radical (unpaired) electrons. The van der Waals surface area contributed by atoms with Gasteiger partial charge in [0.05, 0.1) is 28.9 Å². The lowest BCUT2D eigenvalue weighted by Gasteiger charge is -2.44. The Morgan fingerprint density at radius 1 is 0.500 bits per heavy atom. The van der Waals surface area contributed by atoms with Crippen molar-refractivity contribution in [3.8, 4) is 0 Å². The van der Waals surface area contributed by atoms with Crippen LogP contribution in [0, 0.1) is 0 Å². The zero-order valence-corrected chi connectivity index (χ0v) is 31.3. The van der Waals surface area contributed by atoms with Gasteiger partial charge >= 0.3 is 30.0 Å². The maximum atomic E-state index is 13.8. The number of nitrogens with one attached hydrogen (secondary N) is 1. The van der Waals surface area contributed by atoms with E-state index in [-0.39, 0.29) is 48.4 Å². The molecule has 1 fully saturated rings. The highest BCUT2D eigenvalue weighted by atomic mass is 16.7. The molecular formula is C45H41NO12. The molecule has 0 bridgehead atoms. The van der Waals surface area contributed by atoms with Gasteiger partial charge in [-0.05, 0) is 60.5 Å².